The smallest absolute Gasteiger partial charge is 0.305 e. The average molecular weight is 230 g/mol. The maximum atomic E-state index is 11.6. The molecule has 0 saturated carbocycles. The van der Waals surface area contributed by atoms with Crippen molar-refractivity contribution in [1.29, 1.82) is 0 Å². The Kier molecular flexibility index (Phi) is 6.03. The van der Waals surface area contributed by atoms with Crippen LogP contribution in [0.3, 0.4) is 0 Å². The molecule has 0 radical (unpaired) electrons. The lowest BCUT2D eigenvalue weighted by atomic mass is 9.87. The summed E-state index contributed by atoms with van der Waals surface area (Å²) in [5, 5.41) is 2.70. The van der Waals surface area contributed by atoms with Crippen LogP contribution in [0.2, 0.25) is 0 Å². The van der Waals surface area contributed by atoms with E-state index in [1.54, 1.807) is 0 Å². The Labute approximate surface area is 96.7 Å². The highest BCUT2D eigenvalue weighted by Gasteiger charge is 2.26. The summed E-state index contributed by atoms with van der Waals surface area (Å²) in [6.45, 7) is 6.17. The maximum Gasteiger partial charge on any atom is 0.305 e. The largest absolute Gasteiger partial charge is 0.469 e. The lowest BCUT2D eigenvalue weighted by Gasteiger charge is -2.25. The molecule has 0 aromatic carbocycles. The summed E-state index contributed by atoms with van der Waals surface area (Å²) in [5.41, 5.74) is 5.50. The van der Waals surface area contributed by atoms with Crippen molar-refractivity contribution in [3.8, 4) is 0 Å². The molecule has 5 heteroatoms. The van der Waals surface area contributed by atoms with E-state index in [-0.39, 0.29) is 17.3 Å². The van der Waals surface area contributed by atoms with Crippen molar-refractivity contribution in [2.45, 2.75) is 39.7 Å². The number of hydrogen-bond donors (Lipinski definition) is 2. The van der Waals surface area contributed by atoms with Gasteiger partial charge in [-0.3, -0.25) is 9.59 Å². The molecule has 0 aromatic rings. The summed E-state index contributed by atoms with van der Waals surface area (Å²) in [4.78, 5) is 22.3. The minimum Gasteiger partial charge on any atom is -0.469 e. The number of nitrogens with one attached hydrogen (secondary N) is 1. The fourth-order valence-corrected chi connectivity index (χ4v) is 1.05. The molecule has 0 fully saturated rings. The number of nitrogens with two attached hydrogens (primary N) is 1. The summed E-state index contributed by atoms with van der Waals surface area (Å²) in [5.74, 6) is -0.452. The molecule has 94 valence electrons. The average Bonchev–Trinajstić information content (AvgIpc) is 2.21. The van der Waals surface area contributed by atoms with Crippen molar-refractivity contribution in [3.63, 3.8) is 0 Å². The van der Waals surface area contributed by atoms with E-state index in [0.717, 1.165) is 0 Å². The van der Waals surface area contributed by atoms with E-state index in [0.29, 0.717) is 19.4 Å². The number of esters is 1. The van der Waals surface area contributed by atoms with Crippen molar-refractivity contribution in [2.24, 2.45) is 11.1 Å². The Morgan fingerprint density at radius 1 is 1.38 bits per heavy atom. The van der Waals surface area contributed by atoms with Crippen LogP contribution in [0.15, 0.2) is 0 Å². The quantitative estimate of drug-likeness (QED) is 0.530. The van der Waals surface area contributed by atoms with Crippen molar-refractivity contribution >= 4 is 11.9 Å². The van der Waals surface area contributed by atoms with Crippen LogP contribution in [-0.2, 0) is 14.3 Å². The first-order chi connectivity index (χ1) is 7.29. The Balaban J connectivity index is 3.78. The molecule has 0 heterocycles. The maximum absolute atomic E-state index is 11.6. The second-order valence-corrected chi connectivity index (χ2v) is 4.81. The summed E-state index contributed by atoms with van der Waals surface area (Å²) < 4.78 is 4.48. The summed E-state index contributed by atoms with van der Waals surface area (Å²) in [6, 6.07) is -0.536. The zero-order valence-electron chi connectivity index (χ0n) is 10.5. The van der Waals surface area contributed by atoms with E-state index in [1.165, 1.54) is 7.11 Å². The molecular formula is C11H22N2O3. The fourth-order valence-electron chi connectivity index (χ4n) is 1.05. The van der Waals surface area contributed by atoms with Crippen LogP contribution in [0.1, 0.15) is 33.6 Å². The van der Waals surface area contributed by atoms with Gasteiger partial charge in [0.05, 0.1) is 13.2 Å². The van der Waals surface area contributed by atoms with Crippen LogP contribution in [0.4, 0.5) is 0 Å². The normalized spacial score (nSPS) is 13.1. The van der Waals surface area contributed by atoms with Crippen LogP contribution in [0, 0.1) is 5.41 Å². The van der Waals surface area contributed by atoms with E-state index in [1.807, 2.05) is 20.8 Å². The predicted octanol–water partition coefficient (Wildman–Crippen LogP) is 0.429. The van der Waals surface area contributed by atoms with Crippen molar-refractivity contribution in [2.75, 3.05) is 13.7 Å². The highest BCUT2D eigenvalue weighted by molar-refractivity contribution is 5.82. The van der Waals surface area contributed by atoms with Crippen LogP contribution < -0.4 is 11.1 Å². The van der Waals surface area contributed by atoms with Crippen molar-refractivity contribution < 1.29 is 14.3 Å². The summed E-state index contributed by atoms with van der Waals surface area (Å²) in [6.07, 6.45) is 0.872. The second-order valence-electron chi connectivity index (χ2n) is 4.81. The van der Waals surface area contributed by atoms with Gasteiger partial charge in [-0.2, -0.15) is 0 Å². The van der Waals surface area contributed by atoms with Crippen LogP contribution in [0.5, 0.6) is 0 Å². The van der Waals surface area contributed by atoms with Gasteiger partial charge in [0.2, 0.25) is 5.91 Å². The molecule has 0 aliphatic heterocycles. The Bertz CT molecular complexity index is 246. The van der Waals surface area contributed by atoms with Gasteiger partial charge in [-0.1, -0.05) is 20.8 Å². The molecule has 1 unspecified atom stereocenters. The second kappa shape index (κ2) is 6.48. The van der Waals surface area contributed by atoms with Gasteiger partial charge in [0.1, 0.15) is 0 Å². The van der Waals surface area contributed by atoms with Crippen LogP contribution in [0.25, 0.3) is 0 Å². The van der Waals surface area contributed by atoms with Gasteiger partial charge < -0.3 is 15.8 Å². The monoisotopic (exact) mass is 230 g/mol. The minimum absolute atomic E-state index is 0.183. The molecule has 0 spiro atoms. The molecule has 1 amide bonds. The minimum atomic E-state index is -0.536. The number of methoxy groups -OCH3 is 1. The third-order valence-electron chi connectivity index (χ3n) is 2.30. The number of carbonyl (C=O) groups is 2. The predicted molar refractivity (Wildman–Crippen MR) is 61.7 cm³/mol. The van der Waals surface area contributed by atoms with Crippen LogP contribution >= 0.6 is 0 Å². The SMILES string of the molecule is COC(=O)CCCNC(=O)C(N)C(C)(C)C. The zero-order valence-corrected chi connectivity index (χ0v) is 10.5. The summed E-state index contributed by atoms with van der Waals surface area (Å²) in [7, 11) is 1.34. The Morgan fingerprint density at radius 3 is 2.38 bits per heavy atom. The number of rotatable bonds is 5. The number of carbonyl (C=O) groups excluding carboxylic acids is 2. The molecule has 3 N–H and O–H groups in total. The molecular weight excluding hydrogens is 208 g/mol. The zero-order chi connectivity index (χ0) is 12.8. The lowest BCUT2D eigenvalue weighted by Crippen LogP contribution is -2.48. The third-order valence-corrected chi connectivity index (χ3v) is 2.30. The van der Waals surface area contributed by atoms with E-state index in [9.17, 15) is 9.59 Å². The van der Waals surface area contributed by atoms with E-state index >= 15 is 0 Å². The van der Waals surface area contributed by atoms with Gasteiger partial charge in [0.15, 0.2) is 0 Å². The molecule has 5 nitrogen and oxygen atoms in total. The van der Waals surface area contributed by atoms with Gasteiger partial charge >= 0.3 is 5.97 Å². The Hall–Kier alpha value is -1.10. The molecule has 0 aromatic heterocycles. The van der Waals surface area contributed by atoms with Gasteiger partial charge in [0, 0.05) is 13.0 Å². The number of hydrogen-bond acceptors (Lipinski definition) is 4. The molecule has 1 atom stereocenters. The highest BCUT2D eigenvalue weighted by atomic mass is 16.5. The lowest BCUT2D eigenvalue weighted by molar-refractivity contribution is -0.140. The standard InChI is InChI=1S/C11H22N2O3/c1-11(2,3)9(12)10(15)13-7-5-6-8(14)16-4/h9H,5-7,12H2,1-4H3,(H,13,15). The number of ether oxygens (including phenoxy) is 1. The highest BCUT2D eigenvalue weighted by Crippen LogP contribution is 2.16. The third kappa shape index (κ3) is 5.70. The molecule has 16 heavy (non-hydrogen) atoms. The van der Waals surface area contributed by atoms with E-state index < -0.39 is 6.04 Å². The van der Waals surface area contributed by atoms with Gasteiger partial charge in [-0.25, -0.2) is 0 Å². The molecule has 0 rings (SSSR count). The van der Waals surface area contributed by atoms with Crippen molar-refractivity contribution in [1.82, 2.24) is 5.32 Å². The number of amides is 1. The first-order valence-corrected chi connectivity index (χ1v) is 5.39. The van der Waals surface area contributed by atoms with Gasteiger partial charge in [0.25, 0.3) is 0 Å². The first kappa shape index (κ1) is 14.9. The molecule has 0 aliphatic carbocycles. The molecule has 0 bridgehead atoms. The molecule has 0 saturated heterocycles. The van der Waals surface area contributed by atoms with E-state index in [4.69, 9.17) is 5.73 Å². The van der Waals surface area contributed by atoms with Crippen LogP contribution in [-0.4, -0.2) is 31.6 Å². The molecule has 0 aliphatic rings. The van der Waals surface area contributed by atoms with Crippen molar-refractivity contribution in [3.05, 3.63) is 0 Å². The van der Waals surface area contributed by atoms with Gasteiger partial charge in [-0.15, -0.1) is 0 Å². The first-order valence-electron chi connectivity index (χ1n) is 5.39. The van der Waals surface area contributed by atoms with Gasteiger partial charge in [-0.05, 0) is 11.8 Å². The Morgan fingerprint density at radius 2 is 1.94 bits per heavy atom. The topological polar surface area (TPSA) is 81.4 Å². The summed E-state index contributed by atoms with van der Waals surface area (Å²) >= 11 is 0. The fraction of sp³-hybridized carbons (Fsp3) is 0.818. The van der Waals surface area contributed by atoms with E-state index in [2.05, 4.69) is 10.1 Å².